The molecule has 3 N–H and O–H groups in total. The smallest absolute Gasteiger partial charge is 0.335 e. The van der Waals surface area contributed by atoms with Crippen LogP contribution in [-0.4, -0.2) is 96.9 Å². The van der Waals surface area contributed by atoms with E-state index in [2.05, 4.69) is 25.7 Å². The van der Waals surface area contributed by atoms with E-state index in [-0.39, 0.29) is 55.0 Å². The van der Waals surface area contributed by atoms with Crippen LogP contribution in [0.3, 0.4) is 0 Å². The Labute approximate surface area is 237 Å². The summed E-state index contributed by atoms with van der Waals surface area (Å²) in [5.74, 6) is -0.971. The molecule has 3 atom stereocenters. The van der Waals surface area contributed by atoms with Gasteiger partial charge in [0.2, 0.25) is 11.8 Å². The number of hydrogen-bond acceptors (Lipinski definition) is 9. The van der Waals surface area contributed by atoms with Gasteiger partial charge in [-0.1, -0.05) is 19.1 Å². The number of likely N-dealkylation sites (N-methyl/N-ethyl adjacent to an activating group) is 1. The van der Waals surface area contributed by atoms with E-state index in [0.717, 1.165) is 5.56 Å². The largest absolute Gasteiger partial charge is 0.488 e. The van der Waals surface area contributed by atoms with Crippen LogP contribution in [0.5, 0.6) is 5.75 Å². The third kappa shape index (κ3) is 7.86. The van der Waals surface area contributed by atoms with Crippen molar-refractivity contribution < 1.29 is 29.3 Å². The van der Waals surface area contributed by atoms with Gasteiger partial charge in [-0.2, -0.15) is 0 Å². The molecule has 1 aliphatic rings. The predicted octanol–water partition coefficient (Wildman–Crippen LogP) is 1.29. The normalized spacial score (nSPS) is 18.1. The maximum Gasteiger partial charge on any atom is 0.335 e. The molecule has 218 valence electrons. The number of benzene rings is 2. The van der Waals surface area contributed by atoms with E-state index < -0.39 is 5.97 Å². The third-order valence-electron chi connectivity index (χ3n) is 7.04. The summed E-state index contributed by atoms with van der Waals surface area (Å²) in [6.45, 7) is 5.09. The van der Waals surface area contributed by atoms with Crippen molar-refractivity contribution in [3.8, 4) is 5.75 Å². The van der Waals surface area contributed by atoms with Crippen LogP contribution >= 0.6 is 0 Å². The van der Waals surface area contributed by atoms with Gasteiger partial charge in [0.25, 0.3) is 0 Å². The monoisotopic (exact) mass is 565 g/mol. The van der Waals surface area contributed by atoms with Crippen molar-refractivity contribution in [2.24, 2.45) is 5.92 Å². The van der Waals surface area contributed by atoms with Crippen LogP contribution in [0.1, 0.15) is 35.3 Å². The zero-order chi connectivity index (χ0) is 29.5. The van der Waals surface area contributed by atoms with Crippen LogP contribution in [0.4, 0.5) is 5.69 Å². The van der Waals surface area contributed by atoms with E-state index in [1.165, 1.54) is 11.0 Å². The lowest BCUT2D eigenvalue weighted by Crippen LogP contribution is -2.47. The highest BCUT2D eigenvalue weighted by Gasteiger charge is 2.31. The molecule has 3 aromatic rings. The Balaban J connectivity index is 1.55. The Kier molecular flexibility index (Phi) is 9.63. The molecule has 0 radical (unpaired) electrons. The molecule has 2 amide bonds. The van der Waals surface area contributed by atoms with Gasteiger partial charge in [-0.15, -0.1) is 5.10 Å². The fourth-order valence-corrected chi connectivity index (χ4v) is 4.76. The molecule has 0 saturated carbocycles. The molecule has 0 fully saturated rings. The molecule has 41 heavy (non-hydrogen) atoms. The number of carboxylic acid groups (broad SMARTS) is 1. The SMILES string of the molecule is C[C@@H]1CN([C@H](C)CO)C(=O)Cc2cc(NC(=O)Cn3cnnn3)ccc2O[C@H]1CN(C)Cc1ccc(C(=O)O)cc1. The average Bonchev–Trinajstić information content (AvgIpc) is 3.45. The summed E-state index contributed by atoms with van der Waals surface area (Å²) in [7, 11) is 1.96. The number of nitrogens with zero attached hydrogens (tertiary/aromatic N) is 6. The van der Waals surface area contributed by atoms with E-state index in [4.69, 9.17) is 9.84 Å². The number of carboxylic acids is 1. The molecule has 13 heteroatoms. The quantitative estimate of drug-likeness (QED) is 0.326. The molecule has 13 nitrogen and oxygen atoms in total. The molecule has 1 aliphatic heterocycles. The molecule has 0 unspecified atom stereocenters. The van der Waals surface area contributed by atoms with Crippen LogP contribution < -0.4 is 10.1 Å². The second-order valence-corrected chi connectivity index (χ2v) is 10.5. The standard InChI is InChI=1S/C28H35N7O6/c1-18-12-35(19(2)16-36)27(38)11-22-10-23(30-26(37)15-34-17-29-31-32-34)8-9-24(22)41-25(18)14-33(3)13-20-4-6-21(7-5-20)28(39)40/h4-10,17-19,25,36H,11-16H2,1-3H3,(H,30,37)(H,39,40)/t18-,19-,25+/m1/s1. The molecule has 0 aliphatic carbocycles. The number of nitrogens with one attached hydrogen (secondary N) is 1. The Bertz CT molecular complexity index is 1350. The number of fused-ring (bicyclic) bond motifs is 1. The summed E-state index contributed by atoms with van der Waals surface area (Å²) < 4.78 is 7.84. The van der Waals surface area contributed by atoms with Gasteiger partial charge in [0.15, 0.2) is 0 Å². The Hall–Kier alpha value is -4.36. The maximum atomic E-state index is 13.4. The molecule has 0 bridgehead atoms. The highest BCUT2D eigenvalue weighted by atomic mass is 16.5. The lowest BCUT2D eigenvalue weighted by atomic mass is 10.0. The van der Waals surface area contributed by atoms with Gasteiger partial charge in [-0.3, -0.25) is 14.5 Å². The molecule has 1 aromatic heterocycles. The molecule has 0 spiro atoms. The van der Waals surface area contributed by atoms with Gasteiger partial charge < -0.3 is 25.2 Å². The van der Waals surface area contributed by atoms with Crippen LogP contribution in [-0.2, 0) is 29.1 Å². The Morgan fingerprint density at radius 2 is 1.98 bits per heavy atom. The van der Waals surface area contributed by atoms with Crippen LogP contribution in [0.15, 0.2) is 48.8 Å². The first-order valence-corrected chi connectivity index (χ1v) is 13.3. The third-order valence-corrected chi connectivity index (χ3v) is 7.04. The molecule has 2 heterocycles. The zero-order valence-electron chi connectivity index (χ0n) is 23.3. The fraction of sp³-hybridized carbons (Fsp3) is 0.429. The average molecular weight is 566 g/mol. The molecule has 4 rings (SSSR count). The lowest BCUT2D eigenvalue weighted by molar-refractivity contribution is -0.134. The van der Waals surface area contributed by atoms with E-state index in [9.17, 15) is 19.5 Å². The van der Waals surface area contributed by atoms with Crippen molar-refractivity contribution in [2.75, 3.05) is 32.1 Å². The van der Waals surface area contributed by atoms with Crippen molar-refractivity contribution in [2.45, 2.75) is 45.5 Å². The highest BCUT2D eigenvalue weighted by molar-refractivity contribution is 5.91. The van der Waals surface area contributed by atoms with E-state index in [0.29, 0.717) is 36.6 Å². The number of anilines is 1. The Morgan fingerprint density at radius 3 is 2.63 bits per heavy atom. The van der Waals surface area contributed by atoms with Crippen molar-refractivity contribution in [3.63, 3.8) is 0 Å². The second kappa shape index (κ2) is 13.3. The van der Waals surface area contributed by atoms with Crippen molar-refractivity contribution in [3.05, 3.63) is 65.5 Å². The lowest BCUT2D eigenvalue weighted by Gasteiger charge is -2.34. The van der Waals surface area contributed by atoms with Gasteiger partial charge >= 0.3 is 5.97 Å². The molecule has 2 aromatic carbocycles. The summed E-state index contributed by atoms with van der Waals surface area (Å²) in [6, 6.07) is 11.6. The minimum Gasteiger partial charge on any atom is -0.488 e. The number of tetrazole rings is 1. The highest BCUT2D eigenvalue weighted by Crippen LogP contribution is 2.29. The summed E-state index contributed by atoms with van der Waals surface area (Å²) in [5, 5.41) is 32.6. The van der Waals surface area contributed by atoms with Gasteiger partial charge in [-0.05, 0) is 60.3 Å². The van der Waals surface area contributed by atoms with Gasteiger partial charge in [0.1, 0.15) is 24.7 Å². The number of aromatic nitrogens is 4. The number of aromatic carboxylic acids is 1. The fourth-order valence-electron chi connectivity index (χ4n) is 4.76. The topological polar surface area (TPSA) is 163 Å². The minimum atomic E-state index is -0.970. The molecular formula is C28H35N7O6. The number of carbonyl (C=O) groups is 3. The first-order valence-electron chi connectivity index (χ1n) is 13.3. The summed E-state index contributed by atoms with van der Waals surface area (Å²) >= 11 is 0. The van der Waals surface area contributed by atoms with Gasteiger partial charge in [0, 0.05) is 36.8 Å². The predicted molar refractivity (Wildman–Crippen MR) is 148 cm³/mol. The summed E-state index contributed by atoms with van der Waals surface area (Å²) in [4.78, 5) is 40.9. The first-order chi connectivity index (χ1) is 19.6. The zero-order valence-corrected chi connectivity index (χ0v) is 23.3. The number of hydrogen-bond donors (Lipinski definition) is 3. The Morgan fingerprint density at radius 1 is 1.22 bits per heavy atom. The number of rotatable bonds is 10. The van der Waals surface area contributed by atoms with Gasteiger partial charge in [0.05, 0.1) is 24.6 Å². The number of amides is 2. The van der Waals surface area contributed by atoms with Crippen molar-refractivity contribution in [1.29, 1.82) is 0 Å². The molecule has 0 saturated heterocycles. The van der Waals surface area contributed by atoms with E-state index in [1.54, 1.807) is 47.4 Å². The van der Waals surface area contributed by atoms with E-state index >= 15 is 0 Å². The van der Waals surface area contributed by atoms with Crippen molar-refractivity contribution >= 4 is 23.5 Å². The second-order valence-electron chi connectivity index (χ2n) is 10.5. The van der Waals surface area contributed by atoms with E-state index in [1.807, 2.05) is 20.9 Å². The van der Waals surface area contributed by atoms with Crippen LogP contribution in [0.2, 0.25) is 0 Å². The van der Waals surface area contributed by atoms with Crippen LogP contribution in [0, 0.1) is 5.92 Å². The van der Waals surface area contributed by atoms with Crippen LogP contribution in [0.25, 0.3) is 0 Å². The number of carbonyl (C=O) groups excluding carboxylic acids is 2. The minimum absolute atomic E-state index is 0.0432. The van der Waals surface area contributed by atoms with Gasteiger partial charge in [-0.25, -0.2) is 9.48 Å². The maximum absolute atomic E-state index is 13.4. The van der Waals surface area contributed by atoms with Crippen molar-refractivity contribution in [1.82, 2.24) is 30.0 Å². The summed E-state index contributed by atoms with van der Waals surface area (Å²) in [6.07, 6.45) is 1.08. The number of ether oxygens (including phenoxy) is 1. The first kappa shape index (κ1) is 29.6. The summed E-state index contributed by atoms with van der Waals surface area (Å²) in [5.41, 5.74) is 2.32. The number of aliphatic hydroxyl groups is 1. The molecular weight excluding hydrogens is 530 g/mol. The number of aliphatic hydroxyl groups excluding tert-OH is 1.